The lowest BCUT2D eigenvalue weighted by Gasteiger charge is -2.06. The summed E-state index contributed by atoms with van der Waals surface area (Å²) >= 11 is 3.22. The molecule has 0 fully saturated rings. The lowest BCUT2D eigenvalue weighted by molar-refractivity contribution is 0.126. The standard InChI is InChI=1S/C10H15BrN2O2/c1-3-5-15-6-4-13-7-12-8(2)9(11)10(13)14/h7H,3-6H2,1-2H3. The zero-order valence-corrected chi connectivity index (χ0v) is 10.6. The van der Waals surface area contributed by atoms with E-state index in [4.69, 9.17) is 4.74 Å². The molecule has 1 heterocycles. The molecule has 0 saturated heterocycles. The van der Waals surface area contributed by atoms with E-state index in [9.17, 15) is 4.79 Å². The molecular weight excluding hydrogens is 260 g/mol. The minimum Gasteiger partial charge on any atom is -0.380 e. The summed E-state index contributed by atoms with van der Waals surface area (Å²) in [5, 5.41) is 0. The SMILES string of the molecule is CCCOCCn1cnc(C)c(Br)c1=O. The fourth-order valence-corrected chi connectivity index (χ4v) is 1.44. The average molecular weight is 275 g/mol. The van der Waals surface area contributed by atoms with Gasteiger partial charge >= 0.3 is 0 Å². The summed E-state index contributed by atoms with van der Waals surface area (Å²) in [4.78, 5) is 15.8. The van der Waals surface area contributed by atoms with Crippen molar-refractivity contribution < 1.29 is 4.74 Å². The van der Waals surface area contributed by atoms with E-state index in [1.165, 1.54) is 0 Å². The van der Waals surface area contributed by atoms with E-state index < -0.39 is 0 Å². The Labute approximate surface area is 97.4 Å². The molecule has 0 unspecified atom stereocenters. The Morgan fingerprint density at radius 3 is 2.93 bits per heavy atom. The maximum atomic E-state index is 11.7. The molecule has 15 heavy (non-hydrogen) atoms. The predicted molar refractivity (Wildman–Crippen MR) is 62.0 cm³/mol. The molecule has 0 spiro atoms. The zero-order valence-electron chi connectivity index (χ0n) is 8.99. The summed E-state index contributed by atoms with van der Waals surface area (Å²) in [6.07, 6.45) is 2.54. The first kappa shape index (κ1) is 12.4. The normalized spacial score (nSPS) is 10.6. The van der Waals surface area contributed by atoms with Crippen LogP contribution in [0.2, 0.25) is 0 Å². The zero-order chi connectivity index (χ0) is 11.3. The summed E-state index contributed by atoms with van der Waals surface area (Å²) in [6.45, 7) is 5.67. The molecule has 1 aromatic rings. The minimum absolute atomic E-state index is 0.0531. The Hall–Kier alpha value is -0.680. The van der Waals surface area contributed by atoms with Gasteiger partial charge in [0.25, 0.3) is 5.56 Å². The Bertz CT molecular complexity index is 376. The molecule has 0 radical (unpaired) electrons. The van der Waals surface area contributed by atoms with Crippen LogP contribution in [0, 0.1) is 6.92 Å². The van der Waals surface area contributed by atoms with E-state index in [-0.39, 0.29) is 5.56 Å². The summed E-state index contributed by atoms with van der Waals surface area (Å²) in [6, 6.07) is 0. The van der Waals surface area contributed by atoms with Crippen LogP contribution in [0.15, 0.2) is 15.6 Å². The van der Waals surface area contributed by atoms with Gasteiger partial charge in [-0.3, -0.25) is 9.36 Å². The maximum Gasteiger partial charge on any atom is 0.267 e. The van der Waals surface area contributed by atoms with Crippen LogP contribution in [0.5, 0.6) is 0 Å². The Morgan fingerprint density at radius 1 is 1.53 bits per heavy atom. The number of halogens is 1. The molecule has 0 atom stereocenters. The number of aryl methyl sites for hydroxylation is 1. The second kappa shape index (κ2) is 6.02. The van der Waals surface area contributed by atoms with Gasteiger partial charge in [0.05, 0.1) is 25.2 Å². The summed E-state index contributed by atoms with van der Waals surface area (Å²) < 4.78 is 7.39. The Kier molecular flexibility index (Phi) is 4.98. The Balaban J connectivity index is 2.63. The molecule has 4 nitrogen and oxygen atoms in total. The molecule has 0 aliphatic heterocycles. The third-order valence-corrected chi connectivity index (χ3v) is 2.90. The van der Waals surface area contributed by atoms with Crippen molar-refractivity contribution in [2.75, 3.05) is 13.2 Å². The van der Waals surface area contributed by atoms with Crippen LogP contribution < -0.4 is 5.56 Å². The van der Waals surface area contributed by atoms with Crippen LogP contribution in [0.3, 0.4) is 0 Å². The van der Waals surface area contributed by atoms with Crippen molar-refractivity contribution in [2.45, 2.75) is 26.8 Å². The van der Waals surface area contributed by atoms with Crippen LogP contribution in [0.1, 0.15) is 19.0 Å². The fraction of sp³-hybridized carbons (Fsp3) is 0.600. The van der Waals surface area contributed by atoms with Crippen LogP contribution in [-0.4, -0.2) is 22.8 Å². The second-order valence-corrected chi connectivity index (χ2v) is 4.05. The fourth-order valence-electron chi connectivity index (χ4n) is 1.11. The van der Waals surface area contributed by atoms with Crippen molar-refractivity contribution in [1.82, 2.24) is 9.55 Å². The number of nitrogens with zero attached hydrogens (tertiary/aromatic N) is 2. The number of rotatable bonds is 5. The maximum absolute atomic E-state index is 11.7. The molecule has 1 rings (SSSR count). The van der Waals surface area contributed by atoms with E-state index in [2.05, 4.69) is 27.8 Å². The topological polar surface area (TPSA) is 44.1 Å². The van der Waals surface area contributed by atoms with Gasteiger partial charge < -0.3 is 4.74 Å². The molecule has 0 aliphatic carbocycles. The third-order valence-electron chi connectivity index (χ3n) is 1.98. The Morgan fingerprint density at radius 2 is 2.27 bits per heavy atom. The average Bonchev–Trinajstić information content (AvgIpc) is 2.24. The molecule has 0 amide bonds. The van der Waals surface area contributed by atoms with E-state index in [1.54, 1.807) is 17.8 Å². The molecule has 84 valence electrons. The summed E-state index contributed by atoms with van der Waals surface area (Å²) in [5.74, 6) is 0. The molecule has 1 aromatic heterocycles. The van der Waals surface area contributed by atoms with Crippen molar-refractivity contribution in [1.29, 1.82) is 0 Å². The molecule has 0 aromatic carbocycles. The van der Waals surface area contributed by atoms with Crippen LogP contribution >= 0.6 is 15.9 Å². The predicted octanol–water partition coefficient (Wildman–Crippen LogP) is 1.74. The van der Waals surface area contributed by atoms with Gasteiger partial charge in [-0.1, -0.05) is 6.92 Å². The van der Waals surface area contributed by atoms with Gasteiger partial charge in [0.2, 0.25) is 0 Å². The van der Waals surface area contributed by atoms with Crippen molar-refractivity contribution in [3.63, 3.8) is 0 Å². The van der Waals surface area contributed by atoms with Gasteiger partial charge in [-0.2, -0.15) is 0 Å². The van der Waals surface area contributed by atoms with Gasteiger partial charge in [0, 0.05) is 6.61 Å². The number of hydrogen-bond acceptors (Lipinski definition) is 3. The van der Waals surface area contributed by atoms with Gasteiger partial charge in [-0.15, -0.1) is 0 Å². The second-order valence-electron chi connectivity index (χ2n) is 3.25. The number of aromatic nitrogens is 2. The van der Waals surface area contributed by atoms with Crippen molar-refractivity contribution in [3.05, 3.63) is 26.8 Å². The van der Waals surface area contributed by atoms with Gasteiger partial charge in [-0.05, 0) is 29.3 Å². The van der Waals surface area contributed by atoms with E-state index in [0.717, 1.165) is 13.0 Å². The van der Waals surface area contributed by atoms with Gasteiger partial charge in [0.1, 0.15) is 4.47 Å². The molecule has 0 bridgehead atoms. The highest BCUT2D eigenvalue weighted by atomic mass is 79.9. The quantitative estimate of drug-likeness (QED) is 0.769. The van der Waals surface area contributed by atoms with Crippen molar-refractivity contribution in [3.8, 4) is 0 Å². The first-order valence-electron chi connectivity index (χ1n) is 4.96. The highest BCUT2D eigenvalue weighted by molar-refractivity contribution is 9.10. The monoisotopic (exact) mass is 274 g/mol. The lowest BCUT2D eigenvalue weighted by atomic mass is 10.4. The van der Waals surface area contributed by atoms with Crippen LogP contribution in [0.25, 0.3) is 0 Å². The summed E-state index contributed by atoms with van der Waals surface area (Å²) in [5.41, 5.74) is 0.660. The van der Waals surface area contributed by atoms with Crippen LogP contribution in [0.4, 0.5) is 0 Å². The molecule has 0 aliphatic rings. The molecule has 0 N–H and O–H groups in total. The first-order valence-corrected chi connectivity index (χ1v) is 5.75. The molecule has 5 heteroatoms. The minimum atomic E-state index is -0.0531. The summed E-state index contributed by atoms with van der Waals surface area (Å²) in [7, 11) is 0. The molecular formula is C10H15BrN2O2. The van der Waals surface area contributed by atoms with E-state index in [1.807, 2.05) is 0 Å². The largest absolute Gasteiger partial charge is 0.380 e. The highest BCUT2D eigenvalue weighted by Crippen LogP contribution is 2.05. The third kappa shape index (κ3) is 3.43. The van der Waals surface area contributed by atoms with Crippen LogP contribution in [-0.2, 0) is 11.3 Å². The van der Waals surface area contributed by atoms with Gasteiger partial charge in [0.15, 0.2) is 0 Å². The smallest absolute Gasteiger partial charge is 0.267 e. The van der Waals surface area contributed by atoms with E-state index >= 15 is 0 Å². The molecule has 0 saturated carbocycles. The van der Waals surface area contributed by atoms with Crippen molar-refractivity contribution >= 4 is 15.9 Å². The number of ether oxygens (including phenoxy) is 1. The van der Waals surface area contributed by atoms with Gasteiger partial charge in [-0.25, -0.2) is 4.98 Å². The number of hydrogen-bond donors (Lipinski definition) is 0. The van der Waals surface area contributed by atoms with Crippen molar-refractivity contribution in [2.24, 2.45) is 0 Å². The highest BCUT2D eigenvalue weighted by Gasteiger charge is 2.04. The van der Waals surface area contributed by atoms with E-state index in [0.29, 0.717) is 23.3 Å². The first-order chi connectivity index (χ1) is 7.16. The lowest BCUT2D eigenvalue weighted by Crippen LogP contribution is -2.24.